The first-order valence-electron chi connectivity index (χ1n) is 8.91. The number of carboxylic acid groups (broad SMARTS) is 1. The molecule has 146 valence electrons. The van der Waals surface area contributed by atoms with Gasteiger partial charge in [-0.3, -0.25) is 14.5 Å². The van der Waals surface area contributed by atoms with Crippen LogP contribution in [0, 0.1) is 5.92 Å². The minimum Gasteiger partial charge on any atom is -0.491 e. The van der Waals surface area contributed by atoms with Crippen molar-refractivity contribution >= 4 is 24.3 Å². The van der Waals surface area contributed by atoms with Gasteiger partial charge in [-0.2, -0.15) is 0 Å². The monoisotopic (exact) mass is 384 g/mol. The highest BCUT2D eigenvalue weighted by atomic mass is 35.5. The minimum absolute atomic E-state index is 0. The summed E-state index contributed by atoms with van der Waals surface area (Å²) in [6.07, 6.45) is 2.17. The van der Waals surface area contributed by atoms with Gasteiger partial charge in [-0.1, -0.05) is 12.1 Å². The van der Waals surface area contributed by atoms with E-state index in [1.165, 1.54) is 0 Å². The van der Waals surface area contributed by atoms with Crippen molar-refractivity contribution in [3.05, 3.63) is 29.8 Å². The molecule has 1 aliphatic heterocycles. The quantitative estimate of drug-likeness (QED) is 0.719. The molecule has 0 aromatic heterocycles. The Balaban J connectivity index is 0.00000338. The van der Waals surface area contributed by atoms with Gasteiger partial charge in [0.25, 0.3) is 0 Å². The number of halogens is 1. The number of nitrogens with zero attached hydrogens (tertiary/aromatic N) is 1. The molecular formula is C19H29ClN2O4. The van der Waals surface area contributed by atoms with Crippen molar-refractivity contribution in [1.82, 2.24) is 10.2 Å². The molecule has 0 spiro atoms. The van der Waals surface area contributed by atoms with Gasteiger partial charge in [0.2, 0.25) is 5.91 Å². The highest BCUT2D eigenvalue weighted by Gasteiger charge is 2.25. The summed E-state index contributed by atoms with van der Waals surface area (Å²) in [4.78, 5) is 25.0. The lowest BCUT2D eigenvalue weighted by Crippen LogP contribution is -2.43. The molecule has 0 aliphatic carbocycles. The lowest BCUT2D eigenvalue weighted by atomic mass is 9.97. The highest BCUT2D eigenvalue weighted by Crippen LogP contribution is 2.17. The minimum atomic E-state index is -0.728. The molecular weight excluding hydrogens is 356 g/mol. The molecule has 0 atom stereocenters. The molecule has 1 fully saturated rings. The van der Waals surface area contributed by atoms with Crippen LogP contribution in [0.2, 0.25) is 0 Å². The van der Waals surface area contributed by atoms with Gasteiger partial charge in [-0.25, -0.2) is 0 Å². The van der Waals surface area contributed by atoms with Gasteiger partial charge < -0.3 is 15.2 Å². The van der Waals surface area contributed by atoms with Gasteiger partial charge >= 0.3 is 5.97 Å². The zero-order valence-corrected chi connectivity index (χ0v) is 16.3. The third-order valence-electron chi connectivity index (χ3n) is 4.34. The van der Waals surface area contributed by atoms with Crippen LogP contribution in [0.25, 0.3) is 0 Å². The van der Waals surface area contributed by atoms with E-state index in [1.54, 1.807) is 0 Å². The summed E-state index contributed by atoms with van der Waals surface area (Å²) in [6, 6.07) is 7.93. The second kappa shape index (κ2) is 11.0. The lowest BCUT2D eigenvalue weighted by Gasteiger charge is -2.29. The number of carbonyl (C=O) groups is 2. The number of benzene rings is 1. The van der Waals surface area contributed by atoms with Crippen LogP contribution in [0.15, 0.2) is 24.3 Å². The number of nitrogens with one attached hydrogen (secondary N) is 1. The molecule has 1 heterocycles. The van der Waals surface area contributed by atoms with E-state index in [4.69, 9.17) is 9.84 Å². The van der Waals surface area contributed by atoms with Crippen LogP contribution in [0.4, 0.5) is 0 Å². The molecule has 1 amide bonds. The number of likely N-dealkylation sites (tertiary alicyclic amines) is 1. The first kappa shape index (κ1) is 22.3. The lowest BCUT2D eigenvalue weighted by molar-refractivity contribution is -0.143. The van der Waals surface area contributed by atoms with Gasteiger partial charge in [-0.05, 0) is 63.9 Å². The largest absolute Gasteiger partial charge is 0.491 e. The highest BCUT2D eigenvalue weighted by molar-refractivity contribution is 5.85. The standard InChI is InChI=1S/C19H28N2O4.ClH/c1-14(2)25-17-5-3-15(4-6-17)7-10-20-18(22)13-21-11-8-16(9-12-21)19(23)24;/h3-6,14,16H,7-13H2,1-2H3,(H,20,22)(H,23,24);1H. The fraction of sp³-hybridized carbons (Fsp3) is 0.579. The predicted molar refractivity (Wildman–Crippen MR) is 103 cm³/mol. The van der Waals surface area contributed by atoms with E-state index >= 15 is 0 Å². The number of amides is 1. The summed E-state index contributed by atoms with van der Waals surface area (Å²) in [5.41, 5.74) is 1.15. The number of carbonyl (C=O) groups excluding carboxylic acids is 1. The average molecular weight is 385 g/mol. The molecule has 1 saturated heterocycles. The molecule has 2 rings (SSSR count). The number of hydrogen-bond donors (Lipinski definition) is 2. The van der Waals surface area contributed by atoms with Gasteiger partial charge in [0.1, 0.15) is 5.75 Å². The maximum absolute atomic E-state index is 12.0. The Bertz CT molecular complexity index is 569. The topological polar surface area (TPSA) is 78.9 Å². The summed E-state index contributed by atoms with van der Waals surface area (Å²) in [5.74, 6) is -0.142. The summed E-state index contributed by atoms with van der Waals surface area (Å²) in [5, 5.41) is 11.9. The molecule has 0 radical (unpaired) electrons. The molecule has 2 N–H and O–H groups in total. The maximum Gasteiger partial charge on any atom is 0.306 e. The first-order chi connectivity index (χ1) is 11.9. The third kappa shape index (κ3) is 7.62. The molecule has 1 aliphatic rings. The molecule has 0 unspecified atom stereocenters. The van der Waals surface area contributed by atoms with Crippen LogP contribution < -0.4 is 10.1 Å². The van der Waals surface area contributed by atoms with Crippen LogP contribution in [0.5, 0.6) is 5.75 Å². The predicted octanol–water partition coefficient (Wildman–Crippen LogP) is 2.35. The van der Waals surface area contributed by atoms with E-state index in [0.717, 1.165) is 17.7 Å². The number of aliphatic carboxylic acids is 1. The summed E-state index contributed by atoms with van der Waals surface area (Å²) in [6.45, 7) is 6.26. The van der Waals surface area contributed by atoms with Crippen molar-refractivity contribution < 1.29 is 19.4 Å². The Labute approximate surface area is 161 Å². The van der Waals surface area contributed by atoms with Crippen molar-refractivity contribution in [3.8, 4) is 5.75 Å². The van der Waals surface area contributed by atoms with E-state index in [1.807, 2.05) is 43.0 Å². The Kier molecular flexibility index (Phi) is 9.44. The fourth-order valence-corrected chi connectivity index (χ4v) is 2.95. The van der Waals surface area contributed by atoms with E-state index in [2.05, 4.69) is 5.32 Å². The molecule has 6 nitrogen and oxygen atoms in total. The Morgan fingerprint density at radius 2 is 1.85 bits per heavy atom. The van der Waals surface area contributed by atoms with Crippen molar-refractivity contribution in [2.75, 3.05) is 26.2 Å². The van der Waals surface area contributed by atoms with Gasteiger partial charge in [0.05, 0.1) is 18.6 Å². The Morgan fingerprint density at radius 1 is 1.23 bits per heavy atom. The molecule has 26 heavy (non-hydrogen) atoms. The Morgan fingerprint density at radius 3 is 2.38 bits per heavy atom. The number of ether oxygens (including phenoxy) is 1. The maximum atomic E-state index is 12.0. The van der Waals surface area contributed by atoms with Crippen molar-refractivity contribution in [2.24, 2.45) is 5.92 Å². The van der Waals surface area contributed by atoms with Gasteiger partial charge in [0.15, 0.2) is 0 Å². The van der Waals surface area contributed by atoms with Gasteiger partial charge in [-0.15, -0.1) is 12.4 Å². The Hall–Kier alpha value is -1.79. The van der Waals surface area contributed by atoms with Crippen molar-refractivity contribution in [2.45, 2.75) is 39.2 Å². The number of rotatable bonds is 8. The molecule has 1 aromatic carbocycles. The van der Waals surface area contributed by atoms with E-state index < -0.39 is 5.97 Å². The number of piperidine rings is 1. The summed E-state index contributed by atoms with van der Waals surface area (Å²) in [7, 11) is 0. The number of hydrogen-bond acceptors (Lipinski definition) is 4. The van der Waals surface area contributed by atoms with Gasteiger partial charge in [0, 0.05) is 6.54 Å². The van der Waals surface area contributed by atoms with Crippen molar-refractivity contribution in [1.29, 1.82) is 0 Å². The fourth-order valence-electron chi connectivity index (χ4n) is 2.95. The molecule has 0 bridgehead atoms. The normalized spacial score (nSPS) is 15.3. The second-order valence-corrected chi connectivity index (χ2v) is 6.80. The van der Waals surface area contributed by atoms with E-state index in [0.29, 0.717) is 39.0 Å². The summed E-state index contributed by atoms with van der Waals surface area (Å²) >= 11 is 0. The van der Waals surface area contributed by atoms with Crippen LogP contribution in [0.3, 0.4) is 0 Å². The molecule has 1 aromatic rings. The second-order valence-electron chi connectivity index (χ2n) is 6.80. The van der Waals surface area contributed by atoms with Crippen LogP contribution in [0.1, 0.15) is 32.3 Å². The number of carboxylic acids is 1. The van der Waals surface area contributed by atoms with Crippen LogP contribution in [-0.2, 0) is 16.0 Å². The molecule has 0 saturated carbocycles. The third-order valence-corrected chi connectivity index (χ3v) is 4.34. The van der Waals surface area contributed by atoms with Crippen LogP contribution in [-0.4, -0.2) is 54.2 Å². The zero-order valence-electron chi connectivity index (χ0n) is 15.4. The SMILES string of the molecule is CC(C)Oc1ccc(CCNC(=O)CN2CCC(C(=O)O)CC2)cc1.Cl. The van der Waals surface area contributed by atoms with Crippen LogP contribution >= 0.6 is 12.4 Å². The zero-order chi connectivity index (χ0) is 18.2. The smallest absolute Gasteiger partial charge is 0.306 e. The van der Waals surface area contributed by atoms with E-state index in [-0.39, 0.29) is 30.3 Å². The summed E-state index contributed by atoms with van der Waals surface area (Å²) < 4.78 is 5.61. The first-order valence-corrected chi connectivity index (χ1v) is 8.91. The van der Waals surface area contributed by atoms with E-state index in [9.17, 15) is 9.59 Å². The van der Waals surface area contributed by atoms with Crippen molar-refractivity contribution in [3.63, 3.8) is 0 Å². The average Bonchev–Trinajstić information content (AvgIpc) is 2.56. The molecule has 7 heteroatoms.